The Bertz CT molecular complexity index is 2190. The molecule has 0 saturated heterocycles. The molecule has 1 unspecified atom stereocenters. The monoisotopic (exact) mass is 513 g/mol. The number of hydrogen-bond donors (Lipinski definition) is 0. The lowest BCUT2D eigenvalue weighted by atomic mass is 9.88. The maximum atomic E-state index is 2.44. The molecule has 0 radical (unpaired) electrons. The molecule has 0 N–H and O–H groups in total. The van der Waals surface area contributed by atoms with E-state index in [1.165, 1.54) is 75.5 Å². The van der Waals surface area contributed by atoms with Gasteiger partial charge in [-0.1, -0.05) is 91.0 Å². The van der Waals surface area contributed by atoms with Crippen LogP contribution < -0.4 is 0 Å². The molecule has 0 bridgehead atoms. The number of para-hydroxylation sites is 2. The molecule has 6 aromatic carbocycles. The van der Waals surface area contributed by atoms with Crippen molar-refractivity contribution < 1.29 is 0 Å². The van der Waals surface area contributed by atoms with E-state index in [2.05, 4.69) is 138 Å². The second-order valence-corrected chi connectivity index (χ2v) is 11.6. The minimum Gasteiger partial charge on any atom is -0.309 e. The summed E-state index contributed by atoms with van der Waals surface area (Å²) in [4.78, 5) is 0. The van der Waals surface area contributed by atoms with Crippen LogP contribution in [0.5, 0.6) is 0 Å². The minimum atomic E-state index is 0.228. The van der Waals surface area contributed by atoms with E-state index in [4.69, 9.17) is 0 Å². The molecule has 0 fully saturated rings. The van der Waals surface area contributed by atoms with Crippen molar-refractivity contribution >= 4 is 53.3 Å². The van der Waals surface area contributed by atoms with E-state index >= 15 is 0 Å². The molecular weight excluding hydrogens is 490 g/mol. The van der Waals surface area contributed by atoms with Crippen LogP contribution in [0, 0.1) is 0 Å². The number of fused-ring (bicyclic) bond motifs is 9. The topological polar surface area (TPSA) is 4.93 Å². The van der Waals surface area contributed by atoms with Crippen LogP contribution in [0.1, 0.15) is 22.6 Å². The molecule has 2 heterocycles. The third kappa shape index (κ3) is 2.95. The van der Waals surface area contributed by atoms with E-state index in [0.717, 1.165) is 0 Å². The number of benzene rings is 6. The molecule has 1 nitrogen and oxygen atoms in total. The Balaban J connectivity index is 1.28. The Labute approximate surface area is 230 Å². The van der Waals surface area contributed by atoms with E-state index in [-0.39, 0.29) is 5.92 Å². The van der Waals surface area contributed by atoms with Crippen molar-refractivity contribution in [1.29, 1.82) is 0 Å². The predicted octanol–water partition coefficient (Wildman–Crippen LogP) is 10.3. The fourth-order valence-corrected chi connectivity index (χ4v) is 7.90. The Morgan fingerprint density at radius 1 is 0.462 bits per heavy atom. The smallest absolute Gasteiger partial charge is 0.0541 e. The average Bonchev–Trinajstić information content (AvgIpc) is 3.64. The van der Waals surface area contributed by atoms with Gasteiger partial charge in [0.15, 0.2) is 0 Å². The first-order chi connectivity index (χ1) is 19.3. The number of rotatable bonds is 2. The average molecular weight is 514 g/mol. The van der Waals surface area contributed by atoms with E-state index < -0.39 is 0 Å². The summed E-state index contributed by atoms with van der Waals surface area (Å²) in [6.45, 7) is 0. The van der Waals surface area contributed by atoms with Crippen LogP contribution in [-0.2, 0) is 0 Å². The van der Waals surface area contributed by atoms with Gasteiger partial charge in [-0.2, -0.15) is 0 Å². The molecule has 9 rings (SSSR count). The molecule has 2 heteroatoms. The second-order valence-electron chi connectivity index (χ2n) is 10.5. The number of thiophene rings is 1. The van der Waals surface area contributed by atoms with Crippen LogP contribution in [0.3, 0.4) is 0 Å². The first kappa shape index (κ1) is 21.3. The summed E-state index contributed by atoms with van der Waals surface area (Å²) in [6.07, 6.45) is 0. The molecule has 39 heavy (non-hydrogen) atoms. The Morgan fingerprint density at radius 3 is 1.92 bits per heavy atom. The molecule has 0 amide bonds. The SMILES string of the molecule is c1ccc2c(c1)-c1cc(-n3c4ccccc4c4ccccc43)ccc1C2c1ccc2sc3ccccc3c2c1. The zero-order valence-electron chi connectivity index (χ0n) is 21.1. The van der Waals surface area contributed by atoms with Gasteiger partial charge in [0.1, 0.15) is 0 Å². The van der Waals surface area contributed by atoms with E-state index in [9.17, 15) is 0 Å². The van der Waals surface area contributed by atoms with Gasteiger partial charge in [-0.25, -0.2) is 0 Å². The standard InChI is InChI=1S/C37H23NS/c1-2-13-29-25(9-1)31-22-24(38-33-14-6-3-10-26(33)27-11-4-7-15-34(27)38)18-19-30(31)37(29)23-17-20-36-32(21-23)28-12-5-8-16-35(28)39-36/h1-22,37H. The first-order valence-electron chi connectivity index (χ1n) is 13.5. The van der Waals surface area contributed by atoms with Gasteiger partial charge in [-0.3, -0.25) is 0 Å². The maximum absolute atomic E-state index is 2.44. The molecule has 0 spiro atoms. The number of aromatic nitrogens is 1. The summed E-state index contributed by atoms with van der Waals surface area (Å²) in [5.41, 5.74) is 10.5. The number of nitrogens with zero attached hydrogens (tertiary/aromatic N) is 1. The van der Waals surface area contributed by atoms with Crippen LogP contribution in [0.4, 0.5) is 0 Å². The van der Waals surface area contributed by atoms with Crippen molar-refractivity contribution in [3.05, 3.63) is 150 Å². The zero-order chi connectivity index (χ0) is 25.5. The van der Waals surface area contributed by atoms with Crippen LogP contribution in [0.2, 0.25) is 0 Å². The van der Waals surface area contributed by atoms with Crippen molar-refractivity contribution in [2.45, 2.75) is 5.92 Å². The highest BCUT2D eigenvalue weighted by Crippen LogP contribution is 2.50. The van der Waals surface area contributed by atoms with Crippen molar-refractivity contribution in [1.82, 2.24) is 4.57 Å². The van der Waals surface area contributed by atoms with E-state index in [0.29, 0.717) is 0 Å². The highest BCUT2D eigenvalue weighted by molar-refractivity contribution is 7.25. The summed E-state index contributed by atoms with van der Waals surface area (Å²) >= 11 is 1.88. The van der Waals surface area contributed by atoms with Crippen molar-refractivity contribution in [3.63, 3.8) is 0 Å². The van der Waals surface area contributed by atoms with Crippen LogP contribution in [0.25, 0.3) is 58.8 Å². The molecule has 182 valence electrons. The summed E-state index contributed by atoms with van der Waals surface area (Å²) in [5.74, 6) is 0.228. The van der Waals surface area contributed by atoms with Gasteiger partial charge in [-0.15, -0.1) is 11.3 Å². The summed E-state index contributed by atoms with van der Waals surface area (Å²) < 4.78 is 5.13. The highest BCUT2D eigenvalue weighted by Gasteiger charge is 2.30. The first-order valence-corrected chi connectivity index (χ1v) is 14.3. The number of hydrogen-bond acceptors (Lipinski definition) is 1. The molecule has 2 aromatic heterocycles. The van der Waals surface area contributed by atoms with Crippen LogP contribution >= 0.6 is 11.3 Å². The molecule has 8 aromatic rings. The quantitative estimate of drug-likeness (QED) is 0.217. The van der Waals surface area contributed by atoms with E-state index in [1.807, 2.05) is 11.3 Å². The van der Waals surface area contributed by atoms with Crippen molar-refractivity contribution in [3.8, 4) is 16.8 Å². The fraction of sp³-hybridized carbons (Fsp3) is 0.0270. The lowest BCUT2D eigenvalue weighted by Gasteiger charge is -2.16. The molecule has 0 aliphatic heterocycles. The van der Waals surface area contributed by atoms with Crippen LogP contribution in [0.15, 0.2) is 133 Å². The normalized spacial score (nSPS) is 14.4. The summed E-state index contributed by atoms with van der Waals surface area (Å²) in [6, 6.07) is 49.4. The largest absolute Gasteiger partial charge is 0.309 e. The molecule has 1 aliphatic rings. The highest BCUT2D eigenvalue weighted by atomic mass is 32.1. The van der Waals surface area contributed by atoms with Gasteiger partial charge in [0.25, 0.3) is 0 Å². The molecule has 1 aliphatic carbocycles. The zero-order valence-corrected chi connectivity index (χ0v) is 22.0. The molecular formula is C37H23NS. The molecule has 0 saturated carbocycles. The van der Waals surface area contributed by atoms with Gasteiger partial charge in [0.05, 0.1) is 11.0 Å². The maximum Gasteiger partial charge on any atom is 0.0541 e. The summed E-state index contributed by atoms with van der Waals surface area (Å²) in [7, 11) is 0. The fourth-order valence-electron chi connectivity index (χ4n) is 6.81. The van der Waals surface area contributed by atoms with Gasteiger partial charge in [0, 0.05) is 42.6 Å². The van der Waals surface area contributed by atoms with Gasteiger partial charge >= 0.3 is 0 Å². The Kier molecular flexibility index (Phi) is 4.33. The molecule has 1 atom stereocenters. The van der Waals surface area contributed by atoms with E-state index in [1.54, 1.807) is 0 Å². The third-order valence-corrected chi connectivity index (χ3v) is 9.63. The van der Waals surface area contributed by atoms with Crippen molar-refractivity contribution in [2.75, 3.05) is 0 Å². The Morgan fingerprint density at radius 2 is 1.10 bits per heavy atom. The second kappa shape index (κ2) is 7.92. The Hall–Kier alpha value is -4.66. The van der Waals surface area contributed by atoms with Gasteiger partial charge in [0.2, 0.25) is 0 Å². The minimum absolute atomic E-state index is 0.228. The van der Waals surface area contributed by atoms with Gasteiger partial charge < -0.3 is 4.57 Å². The van der Waals surface area contributed by atoms with Crippen LogP contribution in [-0.4, -0.2) is 4.57 Å². The predicted molar refractivity (Wildman–Crippen MR) is 166 cm³/mol. The lowest BCUT2D eigenvalue weighted by molar-refractivity contribution is 1.02. The third-order valence-electron chi connectivity index (χ3n) is 8.48. The summed E-state index contributed by atoms with van der Waals surface area (Å²) in [5, 5.41) is 5.31. The lowest BCUT2D eigenvalue weighted by Crippen LogP contribution is -2.00. The van der Waals surface area contributed by atoms with Gasteiger partial charge in [-0.05, 0) is 70.3 Å². The van der Waals surface area contributed by atoms with Crippen molar-refractivity contribution in [2.24, 2.45) is 0 Å².